The third-order valence-electron chi connectivity index (χ3n) is 4.98. The largest absolute Gasteiger partial charge is 0.467 e. The Balaban J connectivity index is 1.75. The number of ether oxygens (including phenoxy) is 1. The van der Waals surface area contributed by atoms with Crippen molar-refractivity contribution >= 4 is 0 Å². The average Bonchev–Trinajstić information content (AvgIpc) is 2.64. The zero-order chi connectivity index (χ0) is 17.8. The van der Waals surface area contributed by atoms with Crippen molar-refractivity contribution in [3.8, 4) is 6.01 Å². The molecule has 0 aliphatic carbocycles. The van der Waals surface area contributed by atoms with Crippen LogP contribution in [0.3, 0.4) is 0 Å². The van der Waals surface area contributed by atoms with Gasteiger partial charge in [0, 0.05) is 50.2 Å². The van der Waals surface area contributed by atoms with Crippen molar-refractivity contribution in [2.75, 3.05) is 33.8 Å². The van der Waals surface area contributed by atoms with Crippen molar-refractivity contribution in [2.24, 2.45) is 0 Å². The van der Waals surface area contributed by atoms with E-state index in [1.165, 1.54) is 11.1 Å². The second-order valence-corrected chi connectivity index (χ2v) is 7.09. The molecule has 1 saturated heterocycles. The lowest BCUT2D eigenvalue weighted by Gasteiger charge is -2.40. The number of nitrogens with zero attached hydrogens (tertiary/aromatic N) is 4. The van der Waals surface area contributed by atoms with Gasteiger partial charge in [0.25, 0.3) is 0 Å². The van der Waals surface area contributed by atoms with Gasteiger partial charge in [-0.2, -0.15) is 0 Å². The minimum absolute atomic E-state index is 0.422. The lowest BCUT2D eigenvalue weighted by Crippen LogP contribution is -2.46. The van der Waals surface area contributed by atoms with Crippen LogP contribution >= 0.6 is 0 Å². The molecule has 0 radical (unpaired) electrons. The van der Waals surface area contributed by atoms with Gasteiger partial charge in [-0.15, -0.1) is 0 Å². The molecule has 0 saturated carbocycles. The summed E-state index contributed by atoms with van der Waals surface area (Å²) < 4.78 is 5.04. The fourth-order valence-corrected chi connectivity index (χ4v) is 3.54. The van der Waals surface area contributed by atoms with Gasteiger partial charge >= 0.3 is 6.01 Å². The van der Waals surface area contributed by atoms with Crippen LogP contribution in [0.15, 0.2) is 36.7 Å². The zero-order valence-corrected chi connectivity index (χ0v) is 15.6. The maximum Gasteiger partial charge on any atom is 0.316 e. The molecule has 1 aliphatic heterocycles. The smallest absolute Gasteiger partial charge is 0.316 e. The van der Waals surface area contributed by atoms with Gasteiger partial charge in [-0.1, -0.05) is 38.1 Å². The Morgan fingerprint density at radius 1 is 1.16 bits per heavy atom. The first kappa shape index (κ1) is 17.8. The third kappa shape index (κ3) is 4.17. The van der Waals surface area contributed by atoms with Crippen molar-refractivity contribution in [2.45, 2.75) is 32.4 Å². The molecule has 5 heteroatoms. The van der Waals surface area contributed by atoms with Crippen LogP contribution < -0.4 is 4.74 Å². The maximum absolute atomic E-state index is 5.04. The average molecular weight is 340 g/mol. The van der Waals surface area contributed by atoms with E-state index in [1.807, 2.05) is 12.4 Å². The van der Waals surface area contributed by atoms with E-state index < -0.39 is 0 Å². The molecule has 0 spiro atoms. The van der Waals surface area contributed by atoms with E-state index in [9.17, 15) is 0 Å². The molecule has 5 nitrogen and oxygen atoms in total. The van der Waals surface area contributed by atoms with Gasteiger partial charge in [-0.25, -0.2) is 9.97 Å². The first-order valence-corrected chi connectivity index (χ1v) is 8.94. The number of rotatable bonds is 5. The molecule has 0 bridgehead atoms. The highest BCUT2D eigenvalue weighted by atomic mass is 16.5. The van der Waals surface area contributed by atoms with Gasteiger partial charge in [0.1, 0.15) is 0 Å². The van der Waals surface area contributed by atoms with Crippen LogP contribution in [0.5, 0.6) is 6.01 Å². The zero-order valence-electron chi connectivity index (χ0n) is 15.6. The second-order valence-electron chi connectivity index (χ2n) is 7.09. The molecule has 2 heterocycles. The number of hydrogen-bond acceptors (Lipinski definition) is 5. The molecule has 1 aromatic carbocycles. The number of piperazine rings is 1. The second kappa shape index (κ2) is 7.93. The summed E-state index contributed by atoms with van der Waals surface area (Å²) >= 11 is 0. The van der Waals surface area contributed by atoms with E-state index in [0.717, 1.165) is 31.7 Å². The van der Waals surface area contributed by atoms with E-state index in [2.05, 4.69) is 64.9 Å². The predicted octanol–water partition coefficient (Wildman–Crippen LogP) is 3.10. The first-order chi connectivity index (χ1) is 12.1. The van der Waals surface area contributed by atoms with Crippen molar-refractivity contribution < 1.29 is 4.74 Å². The molecule has 1 aliphatic rings. The summed E-state index contributed by atoms with van der Waals surface area (Å²) in [7, 11) is 3.82. The molecule has 0 N–H and O–H groups in total. The number of benzene rings is 1. The monoisotopic (exact) mass is 340 g/mol. The summed E-state index contributed by atoms with van der Waals surface area (Å²) in [4.78, 5) is 13.4. The van der Waals surface area contributed by atoms with E-state index >= 15 is 0 Å². The molecule has 1 unspecified atom stereocenters. The van der Waals surface area contributed by atoms with Gasteiger partial charge in [0.05, 0.1) is 7.11 Å². The summed E-state index contributed by atoms with van der Waals surface area (Å²) in [5.41, 5.74) is 4.03. The van der Waals surface area contributed by atoms with E-state index in [1.54, 1.807) is 7.11 Å². The Morgan fingerprint density at radius 2 is 1.88 bits per heavy atom. The SMILES string of the molecule is COc1ncc(CN2CCN(C)C(c3ccccc3C(C)C)C2)cn1. The molecule has 3 rings (SSSR count). The van der Waals surface area contributed by atoms with Gasteiger partial charge in [0.15, 0.2) is 0 Å². The molecule has 25 heavy (non-hydrogen) atoms. The minimum Gasteiger partial charge on any atom is -0.467 e. The van der Waals surface area contributed by atoms with Crippen LogP contribution in [0, 0.1) is 0 Å². The molecule has 1 aromatic heterocycles. The van der Waals surface area contributed by atoms with Crippen LogP contribution in [0.1, 0.15) is 42.5 Å². The first-order valence-electron chi connectivity index (χ1n) is 8.94. The summed E-state index contributed by atoms with van der Waals surface area (Å²) in [6.45, 7) is 8.56. The van der Waals surface area contributed by atoms with Gasteiger partial charge in [-0.3, -0.25) is 9.80 Å². The molecular formula is C20H28N4O. The van der Waals surface area contributed by atoms with E-state index in [-0.39, 0.29) is 0 Å². The molecule has 1 fully saturated rings. The van der Waals surface area contributed by atoms with Gasteiger partial charge in [0.2, 0.25) is 0 Å². The Labute approximate surface area is 150 Å². The Hall–Kier alpha value is -1.98. The van der Waals surface area contributed by atoms with Gasteiger partial charge < -0.3 is 4.74 Å². The lowest BCUT2D eigenvalue weighted by atomic mass is 9.91. The normalized spacial score (nSPS) is 19.3. The van der Waals surface area contributed by atoms with Gasteiger partial charge in [-0.05, 0) is 24.1 Å². The fourth-order valence-electron chi connectivity index (χ4n) is 3.54. The molecular weight excluding hydrogens is 312 g/mol. The number of likely N-dealkylation sites (N-methyl/N-ethyl adjacent to an activating group) is 1. The quantitative estimate of drug-likeness (QED) is 0.837. The minimum atomic E-state index is 0.422. The summed E-state index contributed by atoms with van der Waals surface area (Å²) in [5.74, 6) is 0.537. The Morgan fingerprint density at radius 3 is 2.56 bits per heavy atom. The summed E-state index contributed by atoms with van der Waals surface area (Å²) in [5, 5.41) is 0. The van der Waals surface area contributed by atoms with E-state index in [0.29, 0.717) is 18.0 Å². The lowest BCUT2D eigenvalue weighted by molar-refractivity contribution is 0.0897. The van der Waals surface area contributed by atoms with Crippen molar-refractivity contribution in [1.29, 1.82) is 0 Å². The van der Waals surface area contributed by atoms with Crippen molar-refractivity contribution in [3.63, 3.8) is 0 Å². The number of methoxy groups -OCH3 is 1. The van der Waals surface area contributed by atoms with Crippen LogP contribution in [0.2, 0.25) is 0 Å². The topological polar surface area (TPSA) is 41.5 Å². The summed E-state index contributed by atoms with van der Waals surface area (Å²) in [6.07, 6.45) is 3.72. The van der Waals surface area contributed by atoms with E-state index in [4.69, 9.17) is 4.74 Å². The highest BCUT2D eigenvalue weighted by molar-refractivity contribution is 5.33. The third-order valence-corrected chi connectivity index (χ3v) is 4.98. The Bertz CT molecular complexity index is 686. The van der Waals surface area contributed by atoms with Crippen molar-refractivity contribution in [3.05, 3.63) is 53.3 Å². The predicted molar refractivity (Wildman–Crippen MR) is 99.8 cm³/mol. The number of aromatic nitrogens is 2. The van der Waals surface area contributed by atoms with Crippen LogP contribution in [-0.2, 0) is 6.54 Å². The molecule has 1 atom stereocenters. The van der Waals surface area contributed by atoms with Crippen LogP contribution in [0.25, 0.3) is 0 Å². The molecule has 2 aromatic rings. The number of hydrogen-bond donors (Lipinski definition) is 0. The highest BCUT2D eigenvalue weighted by Crippen LogP contribution is 2.31. The van der Waals surface area contributed by atoms with Crippen LogP contribution in [0.4, 0.5) is 0 Å². The molecule has 134 valence electrons. The fraction of sp³-hybridized carbons (Fsp3) is 0.500. The van der Waals surface area contributed by atoms with Crippen molar-refractivity contribution in [1.82, 2.24) is 19.8 Å². The molecule has 0 amide bonds. The highest BCUT2D eigenvalue weighted by Gasteiger charge is 2.27. The summed E-state index contributed by atoms with van der Waals surface area (Å²) in [6, 6.07) is 9.71. The Kier molecular flexibility index (Phi) is 5.66. The standard InChI is InChI=1S/C20H28N4O/c1-15(2)17-7-5-6-8-18(17)19-14-24(10-9-23(19)3)13-16-11-21-20(25-4)22-12-16/h5-8,11-12,15,19H,9-10,13-14H2,1-4H3. The van der Waals surface area contributed by atoms with Crippen LogP contribution in [-0.4, -0.2) is 53.6 Å². The maximum atomic E-state index is 5.04.